The quantitative estimate of drug-likeness (QED) is 0.334. The zero-order chi connectivity index (χ0) is 14.2. The number of carbonyl (C=O) groups is 3. The van der Waals surface area contributed by atoms with E-state index in [2.05, 4.69) is 0 Å². The predicted octanol–water partition coefficient (Wildman–Crippen LogP) is -0.414. The van der Waals surface area contributed by atoms with Crippen LogP contribution in [0.5, 0.6) is 0 Å². The molecule has 0 bridgehead atoms. The molecule has 0 aliphatic carbocycles. The maximum absolute atomic E-state index is 11.7. The van der Waals surface area contributed by atoms with E-state index in [9.17, 15) is 14.4 Å². The lowest BCUT2D eigenvalue weighted by molar-refractivity contribution is -0.125. The second-order valence-corrected chi connectivity index (χ2v) is 4.28. The van der Waals surface area contributed by atoms with Crippen molar-refractivity contribution in [2.45, 2.75) is 13.5 Å². The molecule has 8 nitrogen and oxygen atoms in total. The summed E-state index contributed by atoms with van der Waals surface area (Å²) >= 11 is 0. The van der Waals surface area contributed by atoms with Gasteiger partial charge in [-0.05, 0) is 13.0 Å². The van der Waals surface area contributed by atoms with Crippen molar-refractivity contribution in [3.05, 3.63) is 23.2 Å². The summed E-state index contributed by atoms with van der Waals surface area (Å²) in [6.45, 7) is 1.79. The first-order valence-corrected chi connectivity index (χ1v) is 5.59. The summed E-state index contributed by atoms with van der Waals surface area (Å²) in [6.07, 6.45) is 0. The Balaban J connectivity index is 2.20. The van der Waals surface area contributed by atoms with Gasteiger partial charge in [0.15, 0.2) is 5.76 Å². The third kappa shape index (κ3) is 2.29. The number of nitrogen functional groups attached to an aromatic ring is 1. The average molecular weight is 266 g/mol. The Bertz CT molecular complexity index is 551. The molecule has 1 saturated heterocycles. The maximum Gasteiger partial charge on any atom is 0.327 e. The molecule has 0 atom stereocenters. The van der Waals surface area contributed by atoms with Gasteiger partial charge in [0.2, 0.25) is 0 Å². The van der Waals surface area contributed by atoms with E-state index in [1.807, 2.05) is 5.43 Å². The van der Waals surface area contributed by atoms with Gasteiger partial charge in [0, 0.05) is 12.6 Å². The van der Waals surface area contributed by atoms with Gasteiger partial charge < -0.3 is 9.32 Å². The van der Waals surface area contributed by atoms with Crippen LogP contribution in [-0.2, 0) is 11.3 Å². The zero-order valence-corrected chi connectivity index (χ0v) is 10.6. The summed E-state index contributed by atoms with van der Waals surface area (Å²) in [4.78, 5) is 37.1. The first-order valence-electron chi connectivity index (χ1n) is 5.59. The minimum Gasteiger partial charge on any atom is -0.456 e. The number of aryl methyl sites for hydroxylation is 1. The van der Waals surface area contributed by atoms with E-state index < -0.39 is 5.91 Å². The molecule has 19 heavy (non-hydrogen) atoms. The van der Waals surface area contributed by atoms with Crippen molar-refractivity contribution in [3.8, 4) is 0 Å². The van der Waals surface area contributed by atoms with Crippen molar-refractivity contribution >= 4 is 17.8 Å². The first kappa shape index (κ1) is 13.1. The van der Waals surface area contributed by atoms with Crippen molar-refractivity contribution in [2.75, 3.05) is 13.6 Å². The largest absolute Gasteiger partial charge is 0.456 e. The summed E-state index contributed by atoms with van der Waals surface area (Å²) in [7, 11) is 1.55. The Morgan fingerprint density at radius 3 is 2.74 bits per heavy atom. The summed E-state index contributed by atoms with van der Waals surface area (Å²) in [5.41, 5.74) is 2.54. The van der Waals surface area contributed by atoms with Crippen molar-refractivity contribution in [1.29, 1.82) is 0 Å². The number of hydrogen-bond donors (Lipinski definition) is 2. The Morgan fingerprint density at radius 2 is 2.21 bits per heavy atom. The predicted molar refractivity (Wildman–Crippen MR) is 63.7 cm³/mol. The number of hydrogen-bond acceptors (Lipinski definition) is 5. The molecule has 0 spiro atoms. The van der Waals surface area contributed by atoms with Gasteiger partial charge in [-0.25, -0.2) is 10.6 Å². The molecular weight excluding hydrogens is 252 g/mol. The molecule has 1 aromatic heterocycles. The van der Waals surface area contributed by atoms with Gasteiger partial charge in [0.1, 0.15) is 12.3 Å². The molecule has 0 saturated carbocycles. The number of nitrogens with zero attached hydrogens (tertiary/aromatic N) is 2. The Kier molecular flexibility index (Phi) is 3.26. The second-order valence-electron chi connectivity index (χ2n) is 4.28. The number of nitrogens with two attached hydrogens (primary N) is 1. The van der Waals surface area contributed by atoms with Gasteiger partial charge in [-0.15, -0.1) is 0 Å². The van der Waals surface area contributed by atoms with Crippen LogP contribution >= 0.6 is 0 Å². The molecule has 1 aliphatic heterocycles. The number of hydrazine groups is 1. The lowest BCUT2D eigenvalue weighted by Gasteiger charge is -2.13. The number of furan rings is 1. The number of likely N-dealkylation sites (N-methyl/N-ethyl adjacent to an activating group) is 1. The van der Waals surface area contributed by atoms with E-state index >= 15 is 0 Å². The van der Waals surface area contributed by atoms with Gasteiger partial charge in [0.25, 0.3) is 5.91 Å². The average Bonchev–Trinajstić information content (AvgIpc) is 2.85. The summed E-state index contributed by atoms with van der Waals surface area (Å²) in [5.74, 6) is 4.67. The van der Waals surface area contributed by atoms with Crippen molar-refractivity contribution in [3.63, 3.8) is 0 Å². The van der Waals surface area contributed by atoms with E-state index in [0.717, 1.165) is 4.90 Å². The molecule has 4 amide bonds. The van der Waals surface area contributed by atoms with Crippen LogP contribution in [0.2, 0.25) is 0 Å². The fraction of sp³-hybridized carbons (Fsp3) is 0.364. The molecule has 1 aliphatic rings. The minimum absolute atomic E-state index is 0.0439. The van der Waals surface area contributed by atoms with Gasteiger partial charge in [0.05, 0.1) is 6.54 Å². The zero-order valence-electron chi connectivity index (χ0n) is 10.6. The van der Waals surface area contributed by atoms with E-state index in [-0.39, 0.29) is 30.8 Å². The van der Waals surface area contributed by atoms with Gasteiger partial charge >= 0.3 is 11.9 Å². The Hall–Kier alpha value is -2.35. The van der Waals surface area contributed by atoms with E-state index in [4.69, 9.17) is 10.3 Å². The Morgan fingerprint density at radius 1 is 1.53 bits per heavy atom. The second kappa shape index (κ2) is 4.73. The lowest BCUT2D eigenvalue weighted by Crippen LogP contribution is -2.31. The molecule has 8 heteroatoms. The lowest BCUT2D eigenvalue weighted by atomic mass is 10.2. The number of imide groups is 1. The normalized spacial score (nSPS) is 15.3. The van der Waals surface area contributed by atoms with Crippen LogP contribution in [0.25, 0.3) is 0 Å². The van der Waals surface area contributed by atoms with Crippen LogP contribution in [0.4, 0.5) is 4.79 Å². The highest BCUT2D eigenvalue weighted by Gasteiger charge is 2.34. The summed E-state index contributed by atoms with van der Waals surface area (Å²) < 4.78 is 5.22. The summed E-state index contributed by atoms with van der Waals surface area (Å²) in [5, 5.41) is 0. The molecule has 0 unspecified atom stereocenters. The highest BCUT2D eigenvalue weighted by molar-refractivity contribution is 6.01. The monoisotopic (exact) mass is 266 g/mol. The van der Waals surface area contributed by atoms with E-state index in [0.29, 0.717) is 11.3 Å². The standard InChI is InChI=1S/C11H14N4O4/c1-6-7(3-8(19-6)10(17)13-12)4-15-9(16)5-14(2)11(15)18/h3H,4-5,12H2,1-2H3,(H,13,17). The molecule has 102 valence electrons. The Labute approximate surface area is 109 Å². The van der Waals surface area contributed by atoms with Crippen LogP contribution in [0.3, 0.4) is 0 Å². The minimum atomic E-state index is -0.564. The fourth-order valence-electron chi connectivity index (χ4n) is 1.85. The molecule has 0 radical (unpaired) electrons. The first-order chi connectivity index (χ1) is 8.93. The smallest absolute Gasteiger partial charge is 0.327 e. The summed E-state index contributed by atoms with van der Waals surface area (Å²) in [6, 6.07) is 1.10. The maximum atomic E-state index is 11.7. The number of rotatable bonds is 3. The fourth-order valence-corrected chi connectivity index (χ4v) is 1.85. The molecule has 2 heterocycles. The molecule has 2 rings (SSSR count). The van der Waals surface area contributed by atoms with E-state index in [1.165, 1.54) is 11.0 Å². The molecule has 0 aromatic carbocycles. The molecule has 1 aromatic rings. The van der Waals surface area contributed by atoms with Crippen LogP contribution in [0, 0.1) is 6.92 Å². The third-order valence-electron chi connectivity index (χ3n) is 2.93. The van der Waals surface area contributed by atoms with Gasteiger partial charge in [-0.3, -0.25) is 19.9 Å². The van der Waals surface area contributed by atoms with Crippen LogP contribution in [-0.4, -0.2) is 41.2 Å². The molecular formula is C11H14N4O4. The number of nitrogens with one attached hydrogen (secondary N) is 1. The van der Waals surface area contributed by atoms with Gasteiger partial charge in [-0.1, -0.05) is 0 Å². The van der Waals surface area contributed by atoms with Crippen LogP contribution in [0.15, 0.2) is 10.5 Å². The molecule has 3 N–H and O–H groups in total. The number of carbonyl (C=O) groups excluding carboxylic acids is 3. The van der Waals surface area contributed by atoms with Crippen molar-refractivity contribution in [2.24, 2.45) is 5.84 Å². The van der Waals surface area contributed by atoms with Crippen molar-refractivity contribution in [1.82, 2.24) is 15.2 Å². The number of amides is 4. The number of urea groups is 1. The van der Waals surface area contributed by atoms with Crippen LogP contribution in [0.1, 0.15) is 21.9 Å². The van der Waals surface area contributed by atoms with Crippen LogP contribution < -0.4 is 11.3 Å². The molecule has 1 fully saturated rings. The van der Waals surface area contributed by atoms with Crippen molar-refractivity contribution < 1.29 is 18.8 Å². The highest BCUT2D eigenvalue weighted by Crippen LogP contribution is 2.19. The van der Waals surface area contributed by atoms with Gasteiger partial charge in [-0.2, -0.15) is 0 Å². The van der Waals surface area contributed by atoms with E-state index in [1.54, 1.807) is 14.0 Å². The third-order valence-corrected chi connectivity index (χ3v) is 2.93. The topological polar surface area (TPSA) is 109 Å². The highest BCUT2D eigenvalue weighted by atomic mass is 16.4. The SMILES string of the molecule is Cc1oc(C(=O)NN)cc1CN1C(=O)CN(C)C1=O.